The standard InChI is InChI=1S/C14H15NO2S/c1-3-11-4-6-12(7-5-11)17-8-14-15-13(9-18-14)10(2)16/h4-7,9H,3,8H2,1-2H3. The van der Waals surface area contributed by atoms with Crippen LogP contribution in [0.15, 0.2) is 29.6 Å². The lowest BCUT2D eigenvalue weighted by Crippen LogP contribution is -1.97. The lowest BCUT2D eigenvalue weighted by Gasteiger charge is -2.04. The van der Waals surface area contributed by atoms with Crippen LogP contribution in [-0.2, 0) is 13.0 Å². The molecule has 3 nitrogen and oxygen atoms in total. The van der Waals surface area contributed by atoms with Crippen LogP contribution < -0.4 is 4.74 Å². The van der Waals surface area contributed by atoms with Gasteiger partial charge in [0.05, 0.1) is 0 Å². The Morgan fingerprint density at radius 1 is 1.33 bits per heavy atom. The van der Waals surface area contributed by atoms with E-state index in [0.29, 0.717) is 12.3 Å². The number of thiazole rings is 1. The predicted octanol–water partition coefficient (Wildman–Crippen LogP) is 3.49. The summed E-state index contributed by atoms with van der Waals surface area (Å²) in [6.07, 6.45) is 1.02. The van der Waals surface area contributed by atoms with Crippen molar-refractivity contribution >= 4 is 17.1 Å². The molecule has 0 aliphatic carbocycles. The summed E-state index contributed by atoms with van der Waals surface area (Å²) >= 11 is 1.45. The molecule has 0 aliphatic rings. The summed E-state index contributed by atoms with van der Waals surface area (Å²) in [7, 11) is 0. The minimum atomic E-state index is -0.00945. The van der Waals surface area contributed by atoms with E-state index < -0.39 is 0 Å². The van der Waals surface area contributed by atoms with Crippen LogP contribution in [0.4, 0.5) is 0 Å². The van der Waals surface area contributed by atoms with Gasteiger partial charge in [-0.25, -0.2) is 4.98 Å². The summed E-state index contributed by atoms with van der Waals surface area (Å²) in [6.45, 7) is 4.04. The van der Waals surface area contributed by atoms with E-state index in [1.165, 1.54) is 23.8 Å². The molecule has 0 saturated heterocycles. The van der Waals surface area contributed by atoms with Crippen molar-refractivity contribution < 1.29 is 9.53 Å². The summed E-state index contributed by atoms with van der Waals surface area (Å²) in [4.78, 5) is 15.3. The summed E-state index contributed by atoms with van der Waals surface area (Å²) in [5.74, 6) is 0.816. The Hall–Kier alpha value is -1.68. The van der Waals surface area contributed by atoms with Gasteiger partial charge in [0.25, 0.3) is 0 Å². The van der Waals surface area contributed by atoms with Gasteiger partial charge in [0.2, 0.25) is 0 Å². The van der Waals surface area contributed by atoms with E-state index in [0.717, 1.165) is 17.2 Å². The first-order valence-corrected chi connectivity index (χ1v) is 6.74. The van der Waals surface area contributed by atoms with E-state index in [2.05, 4.69) is 24.0 Å². The second kappa shape index (κ2) is 5.78. The number of ketones is 1. The third kappa shape index (κ3) is 3.17. The van der Waals surface area contributed by atoms with Gasteiger partial charge in [-0.3, -0.25) is 4.79 Å². The molecule has 2 aromatic rings. The molecule has 0 unspecified atom stereocenters. The van der Waals surface area contributed by atoms with Gasteiger partial charge in [-0.15, -0.1) is 11.3 Å². The number of benzene rings is 1. The van der Waals surface area contributed by atoms with Crippen molar-refractivity contribution in [1.82, 2.24) is 4.98 Å². The van der Waals surface area contributed by atoms with Crippen LogP contribution in [0, 0.1) is 0 Å². The predicted molar refractivity (Wildman–Crippen MR) is 72.3 cm³/mol. The molecule has 0 aliphatic heterocycles. The minimum absolute atomic E-state index is 0.00945. The van der Waals surface area contributed by atoms with E-state index in [9.17, 15) is 4.79 Å². The lowest BCUT2D eigenvalue weighted by molar-refractivity contribution is 0.101. The molecule has 0 N–H and O–H groups in total. The van der Waals surface area contributed by atoms with Gasteiger partial charge < -0.3 is 4.74 Å². The molecule has 0 bridgehead atoms. The number of carbonyl (C=O) groups is 1. The molecule has 0 fully saturated rings. The summed E-state index contributed by atoms with van der Waals surface area (Å²) in [5.41, 5.74) is 1.80. The number of nitrogens with zero attached hydrogens (tertiary/aromatic N) is 1. The average Bonchev–Trinajstić information content (AvgIpc) is 2.86. The normalized spacial score (nSPS) is 10.3. The summed E-state index contributed by atoms with van der Waals surface area (Å²) in [6, 6.07) is 8.02. The van der Waals surface area contributed by atoms with E-state index in [-0.39, 0.29) is 5.78 Å². The Balaban J connectivity index is 1.95. The first-order valence-electron chi connectivity index (χ1n) is 5.86. The summed E-state index contributed by atoms with van der Waals surface area (Å²) < 4.78 is 5.62. The summed E-state index contributed by atoms with van der Waals surface area (Å²) in [5, 5.41) is 2.58. The highest BCUT2D eigenvalue weighted by Gasteiger charge is 2.06. The van der Waals surface area contributed by atoms with Crippen LogP contribution >= 0.6 is 11.3 Å². The number of ether oxygens (including phenoxy) is 1. The van der Waals surface area contributed by atoms with Gasteiger partial charge in [0.15, 0.2) is 5.78 Å². The van der Waals surface area contributed by atoms with Gasteiger partial charge >= 0.3 is 0 Å². The monoisotopic (exact) mass is 261 g/mol. The highest BCUT2D eigenvalue weighted by atomic mass is 32.1. The molecular weight excluding hydrogens is 246 g/mol. The minimum Gasteiger partial charge on any atom is -0.486 e. The number of hydrogen-bond donors (Lipinski definition) is 0. The van der Waals surface area contributed by atoms with Crippen molar-refractivity contribution in [1.29, 1.82) is 0 Å². The Labute approximate surface area is 110 Å². The molecule has 4 heteroatoms. The topological polar surface area (TPSA) is 39.2 Å². The van der Waals surface area contributed by atoms with Crippen LogP contribution in [0.3, 0.4) is 0 Å². The van der Waals surface area contributed by atoms with E-state index in [4.69, 9.17) is 4.74 Å². The van der Waals surface area contributed by atoms with Crippen molar-refractivity contribution in [2.75, 3.05) is 0 Å². The fraction of sp³-hybridized carbons (Fsp3) is 0.286. The molecule has 2 rings (SSSR count). The van der Waals surface area contributed by atoms with Gasteiger partial charge in [-0.05, 0) is 24.1 Å². The van der Waals surface area contributed by atoms with E-state index in [1.54, 1.807) is 5.38 Å². The van der Waals surface area contributed by atoms with Crippen LogP contribution in [0.25, 0.3) is 0 Å². The average molecular weight is 261 g/mol. The first-order chi connectivity index (χ1) is 8.69. The van der Waals surface area contributed by atoms with Crippen molar-refractivity contribution in [3.05, 3.63) is 45.9 Å². The van der Waals surface area contributed by atoms with Crippen LogP contribution in [-0.4, -0.2) is 10.8 Å². The lowest BCUT2D eigenvalue weighted by atomic mass is 10.2. The Bertz CT molecular complexity index is 531. The molecule has 0 amide bonds. The molecular formula is C14H15NO2S. The number of Topliss-reactive ketones (excluding diaryl/α,β-unsaturated/α-hetero) is 1. The zero-order valence-electron chi connectivity index (χ0n) is 10.5. The van der Waals surface area contributed by atoms with E-state index in [1.807, 2.05) is 12.1 Å². The van der Waals surface area contributed by atoms with Crippen LogP contribution in [0.2, 0.25) is 0 Å². The Morgan fingerprint density at radius 2 is 2.06 bits per heavy atom. The van der Waals surface area contributed by atoms with Crippen molar-refractivity contribution in [2.24, 2.45) is 0 Å². The molecule has 1 aromatic heterocycles. The molecule has 18 heavy (non-hydrogen) atoms. The maximum absolute atomic E-state index is 11.1. The third-order valence-electron chi connectivity index (χ3n) is 2.61. The molecule has 1 heterocycles. The van der Waals surface area contributed by atoms with Gasteiger partial charge in [-0.2, -0.15) is 0 Å². The fourth-order valence-corrected chi connectivity index (χ4v) is 2.25. The largest absolute Gasteiger partial charge is 0.486 e. The number of aromatic nitrogens is 1. The highest BCUT2D eigenvalue weighted by Crippen LogP contribution is 2.16. The quantitative estimate of drug-likeness (QED) is 0.773. The Kier molecular flexibility index (Phi) is 4.10. The zero-order valence-corrected chi connectivity index (χ0v) is 11.3. The Morgan fingerprint density at radius 3 is 2.61 bits per heavy atom. The second-order valence-corrected chi connectivity index (χ2v) is 4.91. The highest BCUT2D eigenvalue weighted by molar-refractivity contribution is 7.09. The number of rotatable bonds is 5. The molecule has 0 atom stereocenters. The van der Waals surface area contributed by atoms with Gasteiger partial charge in [0, 0.05) is 12.3 Å². The first kappa shape index (κ1) is 12.8. The van der Waals surface area contributed by atoms with E-state index >= 15 is 0 Å². The van der Waals surface area contributed by atoms with Crippen molar-refractivity contribution in [3.8, 4) is 5.75 Å². The van der Waals surface area contributed by atoms with Crippen molar-refractivity contribution in [2.45, 2.75) is 26.9 Å². The molecule has 0 saturated carbocycles. The smallest absolute Gasteiger partial charge is 0.178 e. The molecule has 1 aromatic carbocycles. The van der Waals surface area contributed by atoms with Crippen LogP contribution in [0.1, 0.15) is 34.9 Å². The SMILES string of the molecule is CCc1ccc(OCc2nc(C(C)=O)cs2)cc1. The van der Waals surface area contributed by atoms with Gasteiger partial charge in [-0.1, -0.05) is 19.1 Å². The maximum Gasteiger partial charge on any atom is 0.178 e. The number of aryl methyl sites for hydroxylation is 1. The fourth-order valence-electron chi connectivity index (χ4n) is 1.51. The molecule has 0 spiro atoms. The molecule has 0 radical (unpaired) electrons. The van der Waals surface area contributed by atoms with Gasteiger partial charge in [0.1, 0.15) is 23.1 Å². The molecule has 94 valence electrons. The number of hydrogen-bond acceptors (Lipinski definition) is 4. The second-order valence-electron chi connectivity index (χ2n) is 3.97. The van der Waals surface area contributed by atoms with Crippen molar-refractivity contribution in [3.63, 3.8) is 0 Å². The zero-order chi connectivity index (χ0) is 13.0. The maximum atomic E-state index is 11.1. The van der Waals surface area contributed by atoms with Crippen LogP contribution in [0.5, 0.6) is 5.75 Å². The third-order valence-corrected chi connectivity index (χ3v) is 3.43. The number of carbonyl (C=O) groups excluding carboxylic acids is 1.